The second kappa shape index (κ2) is 12.0. The van der Waals surface area contributed by atoms with E-state index in [1.54, 1.807) is 0 Å². The molecular formula is C17H33N3. The Hall–Kier alpha value is -0.830. The zero-order chi connectivity index (χ0) is 14.5. The summed E-state index contributed by atoms with van der Waals surface area (Å²) in [7, 11) is 0. The maximum Gasteiger partial charge on any atom is 0.0949 e. The number of rotatable bonds is 13. The number of aromatic nitrogens is 2. The number of hydrogen-bond donors (Lipinski definition) is 1. The molecule has 0 amide bonds. The number of hydrogen-bond acceptors (Lipinski definition) is 2. The van der Waals surface area contributed by atoms with Gasteiger partial charge in [-0.15, -0.1) is 0 Å². The van der Waals surface area contributed by atoms with Gasteiger partial charge in [-0.3, -0.25) is 0 Å². The smallest absolute Gasteiger partial charge is 0.0949 e. The molecule has 3 heteroatoms. The number of nitrogens with zero attached hydrogens (tertiary/aromatic N) is 2. The molecule has 0 spiro atoms. The summed E-state index contributed by atoms with van der Waals surface area (Å²) in [5.74, 6) is 0. The Morgan fingerprint density at radius 2 is 1.65 bits per heavy atom. The monoisotopic (exact) mass is 279 g/mol. The molecule has 1 rings (SSSR count). The Balaban J connectivity index is 1.99. The van der Waals surface area contributed by atoms with Crippen molar-refractivity contribution in [3.8, 4) is 0 Å². The molecule has 1 N–H and O–H groups in total. The van der Waals surface area contributed by atoms with Crippen molar-refractivity contribution in [2.24, 2.45) is 0 Å². The van der Waals surface area contributed by atoms with Crippen molar-refractivity contribution >= 4 is 0 Å². The summed E-state index contributed by atoms with van der Waals surface area (Å²) in [6, 6.07) is 0. The van der Waals surface area contributed by atoms with E-state index in [4.69, 9.17) is 0 Å². The normalized spacial score (nSPS) is 11.1. The Bertz CT molecular complexity index is 320. The number of imidazole rings is 1. The van der Waals surface area contributed by atoms with E-state index in [1.807, 2.05) is 6.33 Å². The Kier molecular flexibility index (Phi) is 10.3. The van der Waals surface area contributed by atoms with Gasteiger partial charge in [0.15, 0.2) is 0 Å². The standard InChI is InChI=1S/C17H33N3/c1-3-5-6-7-8-9-10-11-13-20-15-17(19-16-20)14-18-12-4-2/h15-16,18H,3-14H2,1-2H3. The third-order valence-corrected chi connectivity index (χ3v) is 3.69. The van der Waals surface area contributed by atoms with Crippen LogP contribution in [0.25, 0.3) is 0 Å². The van der Waals surface area contributed by atoms with Crippen LogP contribution in [0.15, 0.2) is 12.5 Å². The lowest BCUT2D eigenvalue weighted by Crippen LogP contribution is -2.13. The first-order chi connectivity index (χ1) is 9.86. The zero-order valence-electron chi connectivity index (χ0n) is 13.5. The highest BCUT2D eigenvalue weighted by Crippen LogP contribution is 2.09. The molecule has 0 saturated carbocycles. The fourth-order valence-electron chi connectivity index (χ4n) is 2.44. The second-order valence-electron chi connectivity index (χ2n) is 5.75. The lowest BCUT2D eigenvalue weighted by Gasteiger charge is -2.03. The van der Waals surface area contributed by atoms with Crippen LogP contribution >= 0.6 is 0 Å². The number of unbranched alkanes of at least 4 members (excludes halogenated alkanes) is 7. The largest absolute Gasteiger partial charge is 0.337 e. The minimum Gasteiger partial charge on any atom is -0.337 e. The van der Waals surface area contributed by atoms with Gasteiger partial charge in [-0.05, 0) is 19.4 Å². The van der Waals surface area contributed by atoms with Gasteiger partial charge in [0.05, 0.1) is 12.0 Å². The molecule has 1 aromatic rings. The molecule has 0 radical (unpaired) electrons. The average molecular weight is 279 g/mol. The van der Waals surface area contributed by atoms with Gasteiger partial charge in [-0.1, -0.05) is 58.8 Å². The van der Waals surface area contributed by atoms with E-state index in [-0.39, 0.29) is 0 Å². The van der Waals surface area contributed by atoms with Crippen molar-refractivity contribution < 1.29 is 0 Å². The summed E-state index contributed by atoms with van der Waals surface area (Å²) in [6.45, 7) is 7.56. The molecular weight excluding hydrogens is 246 g/mol. The van der Waals surface area contributed by atoms with Gasteiger partial charge in [0, 0.05) is 19.3 Å². The van der Waals surface area contributed by atoms with Crippen LogP contribution in [0.1, 0.15) is 77.3 Å². The molecule has 116 valence electrons. The van der Waals surface area contributed by atoms with Crippen molar-refractivity contribution in [1.82, 2.24) is 14.9 Å². The third-order valence-electron chi connectivity index (χ3n) is 3.69. The number of aryl methyl sites for hydroxylation is 1. The van der Waals surface area contributed by atoms with Crippen LogP contribution in [0.2, 0.25) is 0 Å². The molecule has 0 bridgehead atoms. The van der Waals surface area contributed by atoms with E-state index in [1.165, 1.54) is 57.8 Å². The van der Waals surface area contributed by atoms with E-state index in [0.717, 1.165) is 25.3 Å². The highest BCUT2D eigenvalue weighted by Gasteiger charge is 1.98. The van der Waals surface area contributed by atoms with Gasteiger partial charge < -0.3 is 9.88 Å². The topological polar surface area (TPSA) is 29.9 Å². The van der Waals surface area contributed by atoms with Gasteiger partial charge in [0.2, 0.25) is 0 Å². The summed E-state index contributed by atoms with van der Waals surface area (Å²) in [4.78, 5) is 4.44. The van der Waals surface area contributed by atoms with E-state index in [2.05, 4.69) is 34.9 Å². The molecule has 20 heavy (non-hydrogen) atoms. The van der Waals surface area contributed by atoms with Gasteiger partial charge in [-0.2, -0.15) is 0 Å². The van der Waals surface area contributed by atoms with Crippen LogP contribution in [0.4, 0.5) is 0 Å². The first-order valence-corrected chi connectivity index (χ1v) is 8.58. The molecule has 3 nitrogen and oxygen atoms in total. The average Bonchev–Trinajstić information content (AvgIpc) is 2.90. The fourth-order valence-corrected chi connectivity index (χ4v) is 2.44. The molecule has 0 fully saturated rings. The van der Waals surface area contributed by atoms with E-state index >= 15 is 0 Å². The molecule has 1 heterocycles. The minimum atomic E-state index is 0.901. The zero-order valence-corrected chi connectivity index (χ0v) is 13.5. The van der Waals surface area contributed by atoms with Crippen LogP contribution < -0.4 is 5.32 Å². The van der Waals surface area contributed by atoms with Gasteiger partial charge in [0.25, 0.3) is 0 Å². The lowest BCUT2D eigenvalue weighted by atomic mass is 10.1. The van der Waals surface area contributed by atoms with Crippen molar-refractivity contribution in [3.63, 3.8) is 0 Å². The quantitative estimate of drug-likeness (QED) is 0.538. The van der Waals surface area contributed by atoms with Crippen LogP contribution in [-0.4, -0.2) is 16.1 Å². The Morgan fingerprint density at radius 1 is 0.950 bits per heavy atom. The predicted octanol–water partition coefficient (Wildman–Crippen LogP) is 4.52. The van der Waals surface area contributed by atoms with Gasteiger partial charge >= 0.3 is 0 Å². The van der Waals surface area contributed by atoms with E-state index < -0.39 is 0 Å². The maximum atomic E-state index is 4.44. The summed E-state index contributed by atoms with van der Waals surface area (Å²) in [5, 5.41) is 3.39. The van der Waals surface area contributed by atoms with Crippen molar-refractivity contribution in [1.29, 1.82) is 0 Å². The van der Waals surface area contributed by atoms with E-state index in [9.17, 15) is 0 Å². The van der Waals surface area contributed by atoms with Crippen molar-refractivity contribution in [3.05, 3.63) is 18.2 Å². The number of nitrogens with one attached hydrogen (secondary N) is 1. The van der Waals surface area contributed by atoms with E-state index in [0.29, 0.717) is 0 Å². The molecule has 0 aliphatic rings. The fraction of sp³-hybridized carbons (Fsp3) is 0.824. The highest BCUT2D eigenvalue weighted by atomic mass is 15.0. The molecule has 0 saturated heterocycles. The summed E-state index contributed by atoms with van der Waals surface area (Å²) in [6.07, 6.45) is 16.4. The second-order valence-corrected chi connectivity index (χ2v) is 5.75. The lowest BCUT2D eigenvalue weighted by molar-refractivity contribution is 0.543. The van der Waals surface area contributed by atoms with Crippen LogP contribution in [0.3, 0.4) is 0 Å². The first-order valence-electron chi connectivity index (χ1n) is 8.58. The molecule has 0 aliphatic carbocycles. The molecule has 0 aromatic carbocycles. The molecule has 0 atom stereocenters. The van der Waals surface area contributed by atoms with Gasteiger partial charge in [-0.25, -0.2) is 4.98 Å². The summed E-state index contributed by atoms with van der Waals surface area (Å²) >= 11 is 0. The van der Waals surface area contributed by atoms with Crippen LogP contribution in [-0.2, 0) is 13.1 Å². The Morgan fingerprint density at radius 3 is 2.35 bits per heavy atom. The predicted molar refractivity (Wildman–Crippen MR) is 86.8 cm³/mol. The third kappa shape index (κ3) is 8.36. The summed E-state index contributed by atoms with van der Waals surface area (Å²) < 4.78 is 2.24. The van der Waals surface area contributed by atoms with Crippen molar-refractivity contribution in [2.45, 2.75) is 84.7 Å². The molecule has 1 aromatic heterocycles. The van der Waals surface area contributed by atoms with Gasteiger partial charge in [0.1, 0.15) is 0 Å². The maximum absolute atomic E-state index is 4.44. The Labute approximate surface area is 125 Å². The van der Waals surface area contributed by atoms with Crippen molar-refractivity contribution in [2.75, 3.05) is 6.54 Å². The SMILES string of the molecule is CCCCCCCCCCn1cnc(CNCCC)c1. The van der Waals surface area contributed by atoms with Crippen LogP contribution in [0.5, 0.6) is 0 Å². The molecule has 0 unspecified atom stereocenters. The first kappa shape index (κ1) is 17.2. The van der Waals surface area contributed by atoms with Crippen LogP contribution in [0, 0.1) is 0 Å². The highest BCUT2D eigenvalue weighted by molar-refractivity contribution is 4.95. The minimum absolute atomic E-state index is 0.901. The summed E-state index contributed by atoms with van der Waals surface area (Å²) in [5.41, 5.74) is 1.16. The molecule has 0 aliphatic heterocycles.